The summed E-state index contributed by atoms with van der Waals surface area (Å²) in [4.78, 5) is 36.5. The Labute approximate surface area is 143 Å². The molecule has 9 nitrogen and oxygen atoms in total. The molecule has 1 N–H and O–H groups in total. The van der Waals surface area contributed by atoms with E-state index in [0.717, 1.165) is 21.9 Å². The maximum absolute atomic E-state index is 12.2. The Hall–Kier alpha value is -3.36. The van der Waals surface area contributed by atoms with Gasteiger partial charge in [-0.15, -0.1) is 0 Å². The molecule has 0 aromatic carbocycles. The Kier molecular flexibility index (Phi) is 4.14. The molecule has 0 unspecified atom stereocenters. The van der Waals surface area contributed by atoms with E-state index in [1.54, 1.807) is 0 Å². The minimum atomic E-state index is -0.446. The first-order valence-electron chi connectivity index (χ1n) is 7.57. The SMILES string of the molecule is Cc1nc(C)n(-c2ncc(NC(=O)c3ccc(=O)n(C)n3)cn2)c1C. The molecule has 0 fully saturated rings. The van der Waals surface area contributed by atoms with Crippen molar-refractivity contribution in [1.82, 2.24) is 29.3 Å². The van der Waals surface area contributed by atoms with Gasteiger partial charge in [-0.2, -0.15) is 5.10 Å². The molecule has 3 heterocycles. The molecule has 0 atom stereocenters. The summed E-state index contributed by atoms with van der Waals surface area (Å²) in [7, 11) is 1.48. The topological polar surface area (TPSA) is 108 Å². The van der Waals surface area contributed by atoms with Gasteiger partial charge in [0.05, 0.1) is 23.8 Å². The number of amides is 1. The number of carbonyl (C=O) groups excluding carboxylic acids is 1. The molecular weight excluding hydrogens is 322 g/mol. The summed E-state index contributed by atoms with van der Waals surface area (Å²) < 4.78 is 2.94. The van der Waals surface area contributed by atoms with E-state index < -0.39 is 5.91 Å². The van der Waals surface area contributed by atoms with Crippen molar-refractivity contribution in [3.05, 3.63) is 57.8 Å². The minimum Gasteiger partial charge on any atom is -0.318 e. The lowest BCUT2D eigenvalue weighted by Crippen LogP contribution is -2.23. The summed E-state index contributed by atoms with van der Waals surface area (Å²) in [6.45, 7) is 5.75. The standard InChI is InChI=1S/C16H17N7O2/c1-9-10(2)23(11(3)19-9)16-17-7-12(8-18-16)20-15(25)13-5-6-14(24)22(4)21-13/h5-8H,1-4H3,(H,20,25). The van der Waals surface area contributed by atoms with Gasteiger partial charge in [-0.25, -0.2) is 19.6 Å². The second-order valence-electron chi connectivity index (χ2n) is 5.57. The van der Waals surface area contributed by atoms with Crippen LogP contribution in [-0.4, -0.2) is 35.2 Å². The van der Waals surface area contributed by atoms with Gasteiger partial charge in [-0.3, -0.25) is 14.2 Å². The lowest BCUT2D eigenvalue weighted by atomic mass is 10.3. The highest BCUT2D eigenvalue weighted by molar-refractivity contribution is 6.02. The first-order chi connectivity index (χ1) is 11.9. The number of anilines is 1. The second kappa shape index (κ2) is 6.27. The van der Waals surface area contributed by atoms with E-state index in [1.165, 1.54) is 31.6 Å². The van der Waals surface area contributed by atoms with E-state index >= 15 is 0 Å². The maximum Gasteiger partial charge on any atom is 0.276 e. The number of nitrogens with zero attached hydrogens (tertiary/aromatic N) is 6. The Morgan fingerprint density at radius 3 is 2.36 bits per heavy atom. The summed E-state index contributed by atoms with van der Waals surface area (Å²) in [6.07, 6.45) is 3.02. The van der Waals surface area contributed by atoms with Crippen LogP contribution >= 0.6 is 0 Å². The molecule has 0 aliphatic heterocycles. The summed E-state index contributed by atoms with van der Waals surface area (Å²) in [6, 6.07) is 2.66. The molecule has 0 saturated carbocycles. The van der Waals surface area contributed by atoms with Crippen molar-refractivity contribution in [2.75, 3.05) is 5.32 Å². The van der Waals surface area contributed by atoms with Crippen molar-refractivity contribution in [3.8, 4) is 5.95 Å². The number of carbonyl (C=O) groups is 1. The van der Waals surface area contributed by atoms with Gasteiger partial charge in [-0.05, 0) is 26.8 Å². The number of hydrogen-bond donors (Lipinski definition) is 1. The third kappa shape index (κ3) is 3.16. The second-order valence-corrected chi connectivity index (χ2v) is 5.57. The monoisotopic (exact) mass is 339 g/mol. The van der Waals surface area contributed by atoms with Gasteiger partial charge in [0.15, 0.2) is 0 Å². The molecule has 1 amide bonds. The lowest BCUT2D eigenvalue weighted by Gasteiger charge is -2.08. The fourth-order valence-corrected chi connectivity index (χ4v) is 2.39. The molecule has 0 bridgehead atoms. The van der Waals surface area contributed by atoms with Crippen molar-refractivity contribution < 1.29 is 4.79 Å². The van der Waals surface area contributed by atoms with Gasteiger partial charge in [0.2, 0.25) is 5.95 Å². The summed E-state index contributed by atoms with van der Waals surface area (Å²) in [5.41, 5.74) is 2.15. The van der Waals surface area contributed by atoms with Crippen LogP contribution in [-0.2, 0) is 7.05 Å². The van der Waals surface area contributed by atoms with Gasteiger partial charge in [-0.1, -0.05) is 0 Å². The molecule has 0 spiro atoms. The highest BCUT2D eigenvalue weighted by Crippen LogP contribution is 2.15. The fraction of sp³-hybridized carbons (Fsp3) is 0.250. The van der Waals surface area contributed by atoms with Crippen LogP contribution in [0.2, 0.25) is 0 Å². The Balaban J connectivity index is 1.82. The number of imidazole rings is 1. The van der Waals surface area contributed by atoms with Crippen molar-refractivity contribution in [2.45, 2.75) is 20.8 Å². The third-order valence-electron chi connectivity index (χ3n) is 3.80. The smallest absolute Gasteiger partial charge is 0.276 e. The number of aryl methyl sites for hydroxylation is 3. The highest BCUT2D eigenvalue weighted by Gasteiger charge is 2.13. The largest absolute Gasteiger partial charge is 0.318 e. The van der Waals surface area contributed by atoms with E-state index in [9.17, 15) is 9.59 Å². The number of rotatable bonds is 3. The van der Waals surface area contributed by atoms with E-state index in [2.05, 4.69) is 25.4 Å². The van der Waals surface area contributed by atoms with Crippen LogP contribution in [0.15, 0.2) is 29.3 Å². The van der Waals surface area contributed by atoms with Crippen LogP contribution < -0.4 is 10.9 Å². The average molecular weight is 339 g/mol. The van der Waals surface area contributed by atoms with E-state index in [0.29, 0.717) is 11.6 Å². The zero-order valence-electron chi connectivity index (χ0n) is 14.3. The Morgan fingerprint density at radius 2 is 1.80 bits per heavy atom. The number of nitrogens with one attached hydrogen (secondary N) is 1. The van der Waals surface area contributed by atoms with Crippen LogP contribution in [0.25, 0.3) is 5.95 Å². The van der Waals surface area contributed by atoms with Crippen LogP contribution in [0, 0.1) is 20.8 Å². The highest BCUT2D eigenvalue weighted by atomic mass is 16.2. The van der Waals surface area contributed by atoms with Crippen molar-refractivity contribution in [2.24, 2.45) is 7.05 Å². The predicted octanol–water partition coefficient (Wildman–Crippen LogP) is 0.934. The molecule has 9 heteroatoms. The lowest BCUT2D eigenvalue weighted by molar-refractivity contribution is 0.102. The molecule has 128 valence electrons. The van der Waals surface area contributed by atoms with E-state index in [1.807, 2.05) is 25.3 Å². The van der Waals surface area contributed by atoms with Crippen molar-refractivity contribution >= 4 is 11.6 Å². The predicted molar refractivity (Wildman–Crippen MR) is 90.8 cm³/mol. The molecule has 0 aliphatic rings. The van der Waals surface area contributed by atoms with Crippen LogP contribution in [0.1, 0.15) is 27.7 Å². The molecule has 0 aliphatic carbocycles. The number of hydrogen-bond acceptors (Lipinski definition) is 6. The molecule has 3 aromatic heterocycles. The van der Waals surface area contributed by atoms with Crippen LogP contribution in [0.4, 0.5) is 5.69 Å². The van der Waals surface area contributed by atoms with Gasteiger partial charge < -0.3 is 5.32 Å². The first kappa shape index (κ1) is 16.5. The van der Waals surface area contributed by atoms with Gasteiger partial charge in [0.25, 0.3) is 11.5 Å². The zero-order valence-corrected chi connectivity index (χ0v) is 14.3. The van der Waals surface area contributed by atoms with Crippen molar-refractivity contribution in [3.63, 3.8) is 0 Å². The quantitative estimate of drug-likeness (QED) is 0.761. The zero-order chi connectivity index (χ0) is 18.1. The average Bonchev–Trinajstić information content (AvgIpc) is 2.83. The Bertz CT molecular complexity index is 1000. The van der Waals surface area contributed by atoms with E-state index in [-0.39, 0.29) is 11.3 Å². The summed E-state index contributed by atoms with van der Waals surface area (Å²) in [5.74, 6) is 0.827. The molecule has 0 saturated heterocycles. The van der Waals surface area contributed by atoms with Crippen LogP contribution in [0.3, 0.4) is 0 Å². The third-order valence-corrected chi connectivity index (χ3v) is 3.80. The molecule has 0 radical (unpaired) electrons. The fourth-order valence-electron chi connectivity index (χ4n) is 2.39. The van der Waals surface area contributed by atoms with Crippen LogP contribution in [0.5, 0.6) is 0 Å². The van der Waals surface area contributed by atoms with Gasteiger partial charge in [0, 0.05) is 18.8 Å². The minimum absolute atomic E-state index is 0.128. The first-order valence-corrected chi connectivity index (χ1v) is 7.57. The van der Waals surface area contributed by atoms with E-state index in [4.69, 9.17) is 0 Å². The Morgan fingerprint density at radius 1 is 1.12 bits per heavy atom. The summed E-state index contributed by atoms with van der Waals surface area (Å²) in [5, 5.41) is 6.55. The van der Waals surface area contributed by atoms with Gasteiger partial charge >= 0.3 is 0 Å². The molecular formula is C16H17N7O2. The molecule has 3 rings (SSSR count). The maximum atomic E-state index is 12.2. The molecule has 3 aromatic rings. The number of aromatic nitrogens is 6. The summed E-state index contributed by atoms with van der Waals surface area (Å²) >= 11 is 0. The normalized spacial score (nSPS) is 10.7. The molecule has 25 heavy (non-hydrogen) atoms. The van der Waals surface area contributed by atoms with Crippen molar-refractivity contribution in [1.29, 1.82) is 0 Å². The van der Waals surface area contributed by atoms with Gasteiger partial charge in [0.1, 0.15) is 11.5 Å².